The molecule has 20 heavy (non-hydrogen) atoms. The largest absolute Gasteiger partial charge is 0.396 e. The summed E-state index contributed by atoms with van der Waals surface area (Å²) < 4.78 is 49.7. The highest BCUT2D eigenvalue weighted by atomic mass is 32.1. The molecule has 0 saturated heterocycles. The van der Waals surface area contributed by atoms with E-state index in [4.69, 9.17) is 11.0 Å². The van der Waals surface area contributed by atoms with Crippen LogP contribution in [-0.4, -0.2) is 24.7 Å². The molecule has 1 aromatic heterocycles. The minimum Gasteiger partial charge on any atom is -0.396 e. The Morgan fingerprint density at radius 2 is 2.15 bits per heavy atom. The third-order valence-corrected chi connectivity index (χ3v) is 3.64. The maximum Gasteiger partial charge on any atom is 0.324 e. The van der Waals surface area contributed by atoms with Crippen molar-refractivity contribution < 1.29 is 22.4 Å². The number of Topliss-reactive ketones (excluding diaryl/α,β-unsaturated/α-hetero) is 1. The van der Waals surface area contributed by atoms with Gasteiger partial charge >= 0.3 is 12.3 Å². The van der Waals surface area contributed by atoms with Crippen LogP contribution >= 0.6 is 11.3 Å². The molecule has 0 unspecified atom stereocenters. The molecule has 0 aromatic carbocycles. The lowest BCUT2D eigenvalue weighted by Gasteiger charge is -2.15. The normalized spacial score (nSPS) is 11.4. The molecule has 0 spiro atoms. The molecule has 0 amide bonds. The van der Waals surface area contributed by atoms with E-state index in [2.05, 4.69) is 5.32 Å². The van der Waals surface area contributed by atoms with E-state index in [1.165, 1.54) is 0 Å². The van der Waals surface area contributed by atoms with Crippen LogP contribution in [-0.2, 0) is 0 Å². The van der Waals surface area contributed by atoms with Gasteiger partial charge in [-0.05, 0) is 0 Å². The maximum atomic E-state index is 12.8. The molecule has 9 heteroatoms. The second kappa shape index (κ2) is 6.09. The fourth-order valence-corrected chi connectivity index (χ4v) is 2.40. The first-order valence-corrected chi connectivity index (χ1v) is 6.31. The number of hydrogen-bond donors (Lipinski definition) is 2. The summed E-state index contributed by atoms with van der Waals surface area (Å²) in [6, 6.07) is 1.67. The van der Waals surface area contributed by atoms with Crippen LogP contribution < -0.4 is 11.1 Å². The third kappa shape index (κ3) is 3.19. The summed E-state index contributed by atoms with van der Waals surface area (Å²) in [7, 11) is 0. The molecule has 3 N–H and O–H groups in total. The number of hydrogen-bond acceptors (Lipinski definition) is 5. The van der Waals surface area contributed by atoms with Gasteiger partial charge in [-0.1, -0.05) is 6.92 Å². The second-order valence-electron chi connectivity index (χ2n) is 3.85. The van der Waals surface area contributed by atoms with Crippen LogP contribution in [0.25, 0.3) is 0 Å². The van der Waals surface area contributed by atoms with Crippen molar-refractivity contribution in [3.8, 4) is 6.07 Å². The highest BCUT2D eigenvalue weighted by molar-refractivity contribution is 7.19. The van der Waals surface area contributed by atoms with E-state index in [1.54, 1.807) is 13.0 Å². The van der Waals surface area contributed by atoms with Crippen LogP contribution in [0.3, 0.4) is 0 Å². The van der Waals surface area contributed by atoms with Gasteiger partial charge in [-0.3, -0.25) is 4.79 Å². The van der Waals surface area contributed by atoms with Crippen molar-refractivity contribution in [2.75, 3.05) is 17.6 Å². The Morgan fingerprint density at radius 1 is 1.55 bits per heavy atom. The van der Waals surface area contributed by atoms with Crippen LogP contribution in [0.4, 0.5) is 28.3 Å². The summed E-state index contributed by atoms with van der Waals surface area (Å²) in [6.45, 7) is 0.227. The second-order valence-corrected chi connectivity index (χ2v) is 4.87. The number of nitrogens with zero attached hydrogens (tertiary/aromatic N) is 1. The summed E-state index contributed by atoms with van der Waals surface area (Å²) >= 11 is 0.709. The number of carbonyl (C=O) groups excluding carboxylic acids is 1. The molecule has 0 aliphatic carbocycles. The third-order valence-electron chi connectivity index (χ3n) is 2.44. The summed E-state index contributed by atoms with van der Waals surface area (Å²) in [6.07, 6.45) is -3.70. The molecule has 1 rings (SSSR count). The quantitative estimate of drug-likeness (QED) is 0.625. The van der Waals surface area contributed by atoms with Gasteiger partial charge in [0.25, 0.3) is 0 Å². The molecule has 4 nitrogen and oxygen atoms in total. The van der Waals surface area contributed by atoms with E-state index >= 15 is 0 Å². The molecule has 1 aromatic rings. The van der Waals surface area contributed by atoms with Gasteiger partial charge in [0, 0.05) is 6.42 Å². The summed E-state index contributed by atoms with van der Waals surface area (Å²) in [5.74, 6) is -4.59. The average molecular weight is 309 g/mol. The lowest BCUT2D eigenvalue weighted by molar-refractivity contribution is -0.117. The predicted molar refractivity (Wildman–Crippen MR) is 67.5 cm³/mol. The zero-order chi connectivity index (χ0) is 15.5. The van der Waals surface area contributed by atoms with E-state index < -0.39 is 18.9 Å². The Balaban J connectivity index is 3.03. The monoisotopic (exact) mass is 309 g/mol. The van der Waals surface area contributed by atoms with Crippen molar-refractivity contribution in [3.63, 3.8) is 0 Å². The topological polar surface area (TPSA) is 78.9 Å². The first-order chi connectivity index (χ1) is 9.24. The van der Waals surface area contributed by atoms with E-state index in [0.29, 0.717) is 11.3 Å². The zero-order valence-corrected chi connectivity index (χ0v) is 11.2. The Kier molecular flexibility index (Phi) is 4.94. The average Bonchev–Trinajstić information content (AvgIpc) is 2.71. The molecule has 0 atom stereocenters. The number of carbonyl (C=O) groups is 1. The molecule has 1 heterocycles. The summed E-state index contributed by atoms with van der Waals surface area (Å²) in [5, 5.41) is 10.8. The van der Waals surface area contributed by atoms with E-state index in [-0.39, 0.29) is 33.3 Å². The minimum atomic E-state index is -4.24. The van der Waals surface area contributed by atoms with Crippen molar-refractivity contribution in [2.45, 2.75) is 25.7 Å². The van der Waals surface area contributed by atoms with Gasteiger partial charge < -0.3 is 11.1 Å². The Labute approximate surface area is 116 Å². The van der Waals surface area contributed by atoms with Crippen molar-refractivity contribution in [1.82, 2.24) is 0 Å². The first kappa shape index (κ1) is 16.2. The molecule has 0 radical (unpaired) electrons. The van der Waals surface area contributed by atoms with Gasteiger partial charge in [0.2, 0.25) is 0 Å². The van der Waals surface area contributed by atoms with Gasteiger partial charge in [-0.25, -0.2) is 8.78 Å². The molecule has 110 valence electrons. The van der Waals surface area contributed by atoms with Gasteiger partial charge in [0.15, 0.2) is 5.78 Å². The molecular weight excluding hydrogens is 298 g/mol. The zero-order valence-electron chi connectivity index (χ0n) is 10.3. The number of nitrogens with one attached hydrogen (secondary N) is 1. The fraction of sp³-hybridized carbons (Fsp3) is 0.455. The number of nitriles is 1. The maximum absolute atomic E-state index is 12.8. The number of halogens is 4. The van der Waals surface area contributed by atoms with Crippen molar-refractivity contribution >= 4 is 27.8 Å². The predicted octanol–water partition coefficient (Wildman–Crippen LogP) is 3.11. The van der Waals surface area contributed by atoms with Gasteiger partial charge in [0.1, 0.15) is 16.6 Å². The number of nitrogen functional groups attached to an aromatic ring is 1. The van der Waals surface area contributed by atoms with Crippen LogP contribution in [0.15, 0.2) is 0 Å². The molecule has 0 aliphatic heterocycles. The molecule has 0 bridgehead atoms. The van der Waals surface area contributed by atoms with Crippen molar-refractivity contribution in [1.29, 1.82) is 5.26 Å². The lowest BCUT2D eigenvalue weighted by Crippen LogP contribution is -2.34. The minimum absolute atomic E-state index is 0.0620. The summed E-state index contributed by atoms with van der Waals surface area (Å²) in [4.78, 5) is 11.6. The summed E-state index contributed by atoms with van der Waals surface area (Å²) in [5.41, 5.74) is 5.28. The number of alkyl halides is 4. The molecule has 0 saturated carbocycles. The Bertz CT molecular complexity index is 551. The first-order valence-electron chi connectivity index (χ1n) is 5.50. The van der Waals surface area contributed by atoms with Gasteiger partial charge in [-0.2, -0.15) is 14.0 Å². The number of thiophene rings is 1. The smallest absolute Gasteiger partial charge is 0.324 e. The SMILES string of the molecule is CCC(=O)c1sc(NCC(F)(F)C(F)F)c(C#N)c1N. The van der Waals surface area contributed by atoms with Gasteiger partial charge in [0.05, 0.1) is 17.1 Å². The van der Waals surface area contributed by atoms with Crippen LogP contribution in [0.5, 0.6) is 0 Å². The number of nitrogens with two attached hydrogens (primary N) is 1. The Morgan fingerprint density at radius 3 is 2.60 bits per heavy atom. The number of ketones is 1. The lowest BCUT2D eigenvalue weighted by atomic mass is 10.2. The van der Waals surface area contributed by atoms with E-state index in [0.717, 1.165) is 0 Å². The highest BCUT2D eigenvalue weighted by Gasteiger charge is 2.40. The standard InChI is InChI=1S/C11H11F4N3OS/c1-2-6(19)8-7(17)5(3-16)9(20-8)18-4-11(14,15)10(12)13/h10,18H,2,4,17H2,1H3. The van der Waals surface area contributed by atoms with Crippen LogP contribution in [0.1, 0.15) is 28.6 Å². The molecular formula is C11H11F4N3OS. The highest BCUT2D eigenvalue weighted by Crippen LogP contribution is 2.36. The van der Waals surface area contributed by atoms with E-state index in [9.17, 15) is 22.4 Å². The Hall–Kier alpha value is -1.82. The fourth-order valence-electron chi connectivity index (χ4n) is 1.32. The van der Waals surface area contributed by atoms with Crippen LogP contribution in [0, 0.1) is 11.3 Å². The molecule has 0 aliphatic rings. The number of rotatable bonds is 6. The van der Waals surface area contributed by atoms with Gasteiger partial charge in [-0.15, -0.1) is 11.3 Å². The van der Waals surface area contributed by atoms with Crippen molar-refractivity contribution in [2.24, 2.45) is 0 Å². The van der Waals surface area contributed by atoms with Crippen LogP contribution in [0.2, 0.25) is 0 Å². The molecule has 0 fully saturated rings. The van der Waals surface area contributed by atoms with E-state index in [1.807, 2.05) is 0 Å². The number of anilines is 2. The van der Waals surface area contributed by atoms with Crippen molar-refractivity contribution in [3.05, 3.63) is 10.4 Å².